The van der Waals surface area contributed by atoms with Crippen molar-refractivity contribution in [3.8, 4) is 0 Å². The fraction of sp³-hybridized carbons (Fsp3) is 0.533. The number of hydrogen-bond acceptors (Lipinski definition) is 3. The molecule has 0 spiro atoms. The molecule has 0 aliphatic rings. The minimum absolute atomic E-state index is 0.0721. The first-order chi connectivity index (χ1) is 9.29. The van der Waals surface area contributed by atoms with Crippen molar-refractivity contribution in [2.45, 2.75) is 33.2 Å². The van der Waals surface area contributed by atoms with Gasteiger partial charge in [0.15, 0.2) is 0 Å². The molecule has 0 aliphatic carbocycles. The molecule has 1 rings (SSSR count). The van der Waals surface area contributed by atoms with E-state index < -0.39 is 0 Å². The SMILES string of the molecule is CC(C)CC(C)N(C)CC(=O)Nc1ccc(Cl)cc1N. The van der Waals surface area contributed by atoms with Gasteiger partial charge in [0.1, 0.15) is 0 Å². The summed E-state index contributed by atoms with van der Waals surface area (Å²) in [6.07, 6.45) is 1.06. The Bertz CT molecular complexity index is 462. The second-order valence-electron chi connectivity index (χ2n) is 5.67. The molecule has 4 nitrogen and oxygen atoms in total. The van der Waals surface area contributed by atoms with Gasteiger partial charge in [-0.05, 0) is 44.5 Å². The van der Waals surface area contributed by atoms with Gasteiger partial charge in [-0.1, -0.05) is 25.4 Å². The molecule has 0 bridgehead atoms. The van der Waals surface area contributed by atoms with E-state index >= 15 is 0 Å². The largest absolute Gasteiger partial charge is 0.397 e. The first kappa shape index (κ1) is 16.8. The lowest BCUT2D eigenvalue weighted by Gasteiger charge is -2.25. The Morgan fingerprint density at radius 3 is 2.60 bits per heavy atom. The number of likely N-dealkylation sites (N-methyl/N-ethyl adjacent to an activating group) is 1. The smallest absolute Gasteiger partial charge is 0.238 e. The highest BCUT2D eigenvalue weighted by Crippen LogP contribution is 2.22. The third-order valence-corrected chi connectivity index (χ3v) is 3.48. The number of rotatable bonds is 6. The van der Waals surface area contributed by atoms with E-state index in [1.165, 1.54) is 0 Å². The number of nitrogen functional groups attached to an aromatic ring is 1. The molecule has 0 saturated carbocycles. The highest BCUT2D eigenvalue weighted by Gasteiger charge is 2.15. The van der Waals surface area contributed by atoms with Crippen LogP contribution in [0.4, 0.5) is 11.4 Å². The predicted octanol–water partition coefficient (Wildman–Crippen LogP) is 3.23. The van der Waals surface area contributed by atoms with Crippen molar-refractivity contribution in [3.63, 3.8) is 0 Å². The van der Waals surface area contributed by atoms with Crippen molar-refractivity contribution in [1.82, 2.24) is 4.90 Å². The molecular weight excluding hydrogens is 274 g/mol. The van der Waals surface area contributed by atoms with Gasteiger partial charge in [-0.25, -0.2) is 0 Å². The highest BCUT2D eigenvalue weighted by molar-refractivity contribution is 6.31. The Kier molecular flexibility index (Phi) is 6.30. The van der Waals surface area contributed by atoms with Crippen LogP contribution in [0.3, 0.4) is 0 Å². The van der Waals surface area contributed by atoms with Gasteiger partial charge >= 0.3 is 0 Å². The molecule has 112 valence electrons. The lowest BCUT2D eigenvalue weighted by atomic mass is 10.0. The Labute approximate surface area is 126 Å². The first-order valence-electron chi connectivity index (χ1n) is 6.84. The molecule has 0 aromatic heterocycles. The van der Waals surface area contributed by atoms with E-state index in [1.54, 1.807) is 18.2 Å². The van der Waals surface area contributed by atoms with E-state index in [2.05, 4.69) is 26.1 Å². The summed E-state index contributed by atoms with van der Waals surface area (Å²) in [5.74, 6) is 0.541. The minimum atomic E-state index is -0.0721. The molecule has 1 aromatic rings. The van der Waals surface area contributed by atoms with Gasteiger partial charge < -0.3 is 11.1 Å². The van der Waals surface area contributed by atoms with Crippen LogP contribution < -0.4 is 11.1 Å². The van der Waals surface area contributed by atoms with Crippen LogP contribution in [-0.4, -0.2) is 30.4 Å². The summed E-state index contributed by atoms with van der Waals surface area (Å²) in [6, 6.07) is 5.41. The number of amides is 1. The summed E-state index contributed by atoms with van der Waals surface area (Å²) >= 11 is 5.83. The van der Waals surface area contributed by atoms with Crippen LogP contribution in [0.2, 0.25) is 5.02 Å². The monoisotopic (exact) mass is 297 g/mol. The molecule has 20 heavy (non-hydrogen) atoms. The Morgan fingerprint density at radius 1 is 1.40 bits per heavy atom. The maximum Gasteiger partial charge on any atom is 0.238 e. The number of nitrogens with two attached hydrogens (primary N) is 1. The van der Waals surface area contributed by atoms with Gasteiger partial charge in [0, 0.05) is 11.1 Å². The van der Waals surface area contributed by atoms with Crippen molar-refractivity contribution >= 4 is 28.9 Å². The molecule has 0 radical (unpaired) electrons. The van der Waals surface area contributed by atoms with Gasteiger partial charge in [0.05, 0.1) is 17.9 Å². The van der Waals surface area contributed by atoms with Crippen molar-refractivity contribution in [3.05, 3.63) is 23.2 Å². The van der Waals surface area contributed by atoms with E-state index in [4.69, 9.17) is 17.3 Å². The Balaban J connectivity index is 2.55. The zero-order valence-electron chi connectivity index (χ0n) is 12.6. The van der Waals surface area contributed by atoms with Crippen molar-refractivity contribution in [2.24, 2.45) is 5.92 Å². The standard InChI is InChI=1S/C15H24ClN3O/c1-10(2)7-11(3)19(4)9-15(20)18-14-6-5-12(16)8-13(14)17/h5-6,8,10-11H,7,9,17H2,1-4H3,(H,18,20). The van der Waals surface area contributed by atoms with Gasteiger partial charge in [0.25, 0.3) is 0 Å². The van der Waals surface area contributed by atoms with Crippen molar-refractivity contribution in [2.75, 3.05) is 24.6 Å². The summed E-state index contributed by atoms with van der Waals surface area (Å²) in [5.41, 5.74) is 6.89. The van der Waals surface area contributed by atoms with Crippen LogP contribution in [0.25, 0.3) is 0 Å². The fourth-order valence-electron chi connectivity index (χ4n) is 2.08. The second kappa shape index (κ2) is 7.50. The number of carbonyl (C=O) groups is 1. The lowest BCUT2D eigenvalue weighted by molar-refractivity contribution is -0.117. The number of halogens is 1. The van der Waals surface area contributed by atoms with Gasteiger partial charge in [-0.3, -0.25) is 9.69 Å². The van der Waals surface area contributed by atoms with E-state index in [9.17, 15) is 4.79 Å². The van der Waals surface area contributed by atoms with E-state index in [0.29, 0.717) is 34.9 Å². The van der Waals surface area contributed by atoms with Crippen molar-refractivity contribution in [1.29, 1.82) is 0 Å². The number of nitrogens with one attached hydrogen (secondary N) is 1. The summed E-state index contributed by atoms with van der Waals surface area (Å²) in [6.45, 7) is 6.83. The van der Waals surface area contributed by atoms with E-state index in [1.807, 2.05) is 11.9 Å². The summed E-state index contributed by atoms with van der Waals surface area (Å²) in [5, 5.41) is 3.37. The molecule has 0 heterocycles. The zero-order valence-corrected chi connectivity index (χ0v) is 13.4. The van der Waals surface area contributed by atoms with Crippen molar-refractivity contribution < 1.29 is 4.79 Å². The number of carbonyl (C=O) groups excluding carboxylic acids is 1. The molecule has 1 unspecified atom stereocenters. The zero-order chi connectivity index (χ0) is 15.3. The molecule has 0 saturated heterocycles. The van der Waals surface area contributed by atoms with Crippen LogP contribution >= 0.6 is 11.6 Å². The predicted molar refractivity (Wildman–Crippen MR) is 86.0 cm³/mol. The van der Waals surface area contributed by atoms with Gasteiger partial charge in [-0.15, -0.1) is 0 Å². The topological polar surface area (TPSA) is 58.4 Å². The van der Waals surface area contributed by atoms with Crippen LogP contribution in [0.5, 0.6) is 0 Å². The maximum absolute atomic E-state index is 12.0. The quantitative estimate of drug-likeness (QED) is 0.793. The number of hydrogen-bond donors (Lipinski definition) is 2. The number of benzene rings is 1. The highest BCUT2D eigenvalue weighted by atomic mass is 35.5. The Hall–Kier alpha value is -1.26. The molecule has 0 fully saturated rings. The average Bonchev–Trinajstić information content (AvgIpc) is 2.31. The maximum atomic E-state index is 12.0. The molecule has 0 aliphatic heterocycles. The minimum Gasteiger partial charge on any atom is -0.397 e. The summed E-state index contributed by atoms with van der Waals surface area (Å²) in [7, 11) is 1.96. The molecule has 1 amide bonds. The molecular formula is C15H24ClN3O. The Morgan fingerprint density at radius 2 is 2.05 bits per heavy atom. The average molecular weight is 298 g/mol. The fourth-order valence-corrected chi connectivity index (χ4v) is 2.26. The third kappa shape index (κ3) is 5.39. The summed E-state index contributed by atoms with van der Waals surface area (Å²) in [4.78, 5) is 14.1. The number of anilines is 2. The molecule has 5 heteroatoms. The van der Waals surface area contributed by atoms with E-state index in [0.717, 1.165) is 6.42 Å². The second-order valence-corrected chi connectivity index (χ2v) is 6.11. The molecule has 1 aromatic carbocycles. The first-order valence-corrected chi connectivity index (χ1v) is 7.22. The van der Waals surface area contributed by atoms with Gasteiger partial charge in [0.2, 0.25) is 5.91 Å². The van der Waals surface area contributed by atoms with E-state index in [-0.39, 0.29) is 5.91 Å². The normalized spacial score (nSPS) is 12.8. The third-order valence-electron chi connectivity index (χ3n) is 3.25. The lowest BCUT2D eigenvalue weighted by Crippen LogP contribution is -2.37. The summed E-state index contributed by atoms with van der Waals surface area (Å²) < 4.78 is 0. The van der Waals surface area contributed by atoms with Crippen LogP contribution in [0.15, 0.2) is 18.2 Å². The molecule has 1 atom stereocenters. The van der Waals surface area contributed by atoms with Crippen LogP contribution in [-0.2, 0) is 4.79 Å². The van der Waals surface area contributed by atoms with Gasteiger partial charge in [-0.2, -0.15) is 0 Å². The molecule has 3 N–H and O–H groups in total. The van der Waals surface area contributed by atoms with Crippen LogP contribution in [0, 0.1) is 5.92 Å². The van der Waals surface area contributed by atoms with Crippen LogP contribution in [0.1, 0.15) is 27.2 Å². The number of nitrogens with zero attached hydrogens (tertiary/aromatic N) is 1.